The fraction of sp³-hybridized carbons (Fsp3) is 0. The van der Waals surface area contributed by atoms with Gasteiger partial charge in [-0.3, -0.25) is 0 Å². The van der Waals surface area contributed by atoms with E-state index in [1.54, 1.807) is 0 Å². The molecule has 0 aromatic heterocycles. The van der Waals surface area contributed by atoms with Gasteiger partial charge in [0.15, 0.2) is 0 Å². The molecule has 0 atom stereocenters. The molecular formula is C3H6ClNi-. The molecule has 0 aliphatic carbocycles. The Labute approximate surface area is 49.0 Å². The SMILES string of the molecule is C=C[CH2-].Cl.[Ni]. The third-order valence-corrected chi connectivity index (χ3v) is 0. The zero-order chi connectivity index (χ0) is 2.71. The Morgan fingerprint density at radius 3 is 1.60 bits per heavy atom. The van der Waals surface area contributed by atoms with Crippen LogP contribution in [0.4, 0.5) is 0 Å². The van der Waals surface area contributed by atoms with Crippen molar-refractivity contribution in [2.45, 2.75) is 0 Å². The summed E-state index contributed by atoms with van der Waals surface area (Å²) in [5.41, 5.74) is 0. The van der Waals surface area contributed by atoms with Gasteiger partial charge in [0.25, 0.3) is 0 Å². The standard InChI is InChI=1S/C3H5.ClH.Ni/c1-3-2;;/h3H,1-2H2;1H;/q-1;;. The van der Waals surface area contributed by atoms with Crippen molar-refractivity contribution in [2.75, 3.05) is 0 Å². The summed E-state index contributed by atoms with van der Waals surface area (Å²) in [5, 5.41) is 0. The molecule has 0 amide bonds. The van der Waals surface area contributed by atoms with Crippen molar-refractivity contribution in [1.82, 2.24) is 0 Å². The van der Waals surface area contributed by atoms with Gasteiger partial charge in [-0.25, -0.2) is 19.6 Å². The van der Waals surface area contributed by atoms with Crippen LogP contribution in [0, 0.1) is 6.92 Å². The van der Waals surface area contributed by atoms with E-state index in [9.17, 15) is 0 Å². The van der Waals surface area contributed by atoms with Crippen LogP contribution in [0.3, 0.4) is 0 Å². The molecule has 0 spiro atoms. The average Bonchev–Trinajstić information content (AvgIpc) is 0.918. The van der Waals surface area contributed by atoms with Crippen LogP contribution in [0.25, 0.3) is 0 Å². The van der Waals surface area contributed by atoms with Gasteiger partial charge in [0.2, 0.25) is 0 Å². The second-order valence-corrected chi connectivity index (χ2v) is 0.289. The molecule has 36 valence electrons. The first-order chi connectivity index (χ1) is 1.41. The van der Waals surface area contributed by atoms with Gasteiger partial charge in [-0.15, -0.1) is 12.4 Å². The summed E-state index contributed by atoms with van der Waals surface area (Å²) in [6.45, 7) is 6.50. The van der Waals surface area contributed by atoms with E-state index in [1.165, 1.54) is 6.08 Å². The van der Waals surface area contributed by atoms with Gasteiger partial charge in [-0.2, -0.15) is 0 Å². The fourth-order valence-corrected chi connectivity index (χ4v) is 0. The van der Waals surface area contributed by atoms with Gasteiger partial charge in [-0.05, 0) is 0 Å². The van der Waals surface area contributed by atoms with Crippen LogP contribution in [0.1, 0.15) is 0 Å². The Bertz CT molecular complexity index is 14.4. The summed E-state index contributed by atoms with van der Waals surface area (Å²) >= 11 is 0. The van der Waals surface area contributed by atoms with E-state index in [2.05, 4.69) is 13.5 Å². The average molecular weight is 136 g/mol. The molecule has 0 fully saturated rings. The molecule has 0 bridgehead atoms. The van der Waals surface area contributed by atoms with E-state index in [1.807, 2.05) is 0 Å². The van der Waals surface area contributed by atoms with E-state index in [4.69, 9.17) is 0 Å². The van der Waals surface area contributed by atoms with Crippen LogP contribution < -0.4 is 0 Å². The Hall–Kier alpha value is 0.394. The maximum Gasteiger partial charge on any atom is 0 e. The summed E-state index contributed by atoms with van der Waals surface area (Å²) in [5.74, 6) is 0. The monoisotopic (exact) mass is 135 g/mol. The first-order valence-electron chi connectivity index (χ1n) is 0.816. The molecule has 0 radical (unpaired) electrons. The Morgan fingerprint density at radius 2 is 1.60 bits per heavy atom. The van der Waals surface area contributed by atoms with E-state index in [0.717, 1.165) is 0 Å². The second-order valence-electron chi connectivity index (χ2n) is 0.289. The molecule has 0 unspecified atom stereocenters. The summed E-state index contributed by atoms with van der Waals surface area (Å²) in [7, 11) is 0. The minimum Gasteiger partial charge on any atom is -0.245 e. The third kappa shape index (κ3) is 163. The summed E-state index contributed by atoms with van der Waals surface area (Å²) < 4.78 is 0. The number of halogens is 1. The van der Waals surface area contributed by atoms with Crippen molar-refractivity contribution in [1.29, 1.82) is 0 Å². The molecule has 0 rings (SSSR count). The number of hydrogen-bond acceptors (Lipinski definition) is 0. The predicted molar refractivity (Wildman–Crippen MR) is 22.8 cm³/mol. The van der Waals surface area contributed by atoms with Gasteiger partial charge in [0.05, 0.1) is 0 Å². The van der Waals surface area contributed by atoms with Crippen LogP contribution in [0.2, 0.25) is 0 Å². The van der Waals surface area contributed by atoms with E-state index < -0.39 is 0 Å². The summed E-state index contributed by atoms with van der Waals surface area (Å²) in [6.07, 6.45) is 1.50. The Balaban J connectivity index is -0.0000000200. The smallest absolute Gasteiger partial charge is 0 e. The van der Waals surface area contributed by atoms with Crippen LogP contribution in [-0.2, 0) is 16.5 Å². The molecule has 5 heavy (non-hydrogen) atoms. The van der Waals surface area contributed by atoms with E-state index >= 15 is 0 Å². The van der Waals surface area contributed by atoms with Crippen molar-refractivity contribution in [3.8, 4) is 0 Å². The molecule has 0 aliphatic rings. The minimum atomic E-state index is 0. The Kier molecular flexibility index (Phi) is 94.7. The van der Waals surface area contributed by atoms with Crippen molar-refractivity contribution in [2.24, 2.45) is 0 Å². The molecule has 0 heterocycles. The zero-order valence-electron chi connectivity index (χ0n) is 2.72. The third-order valence-electron chi connectivity index (χ3n) is 0. The van der Waals surface area contributed by atoms with Crippen LogP contribution in [0.5, 0.6) is 0 Å². The number of hydrogen-bond donors (Lipinski definition) is 0. The summed E-state index contributed by atoms with van der Waals surface area (Å²) in [4.78, 5) is 0. The van der Waals surface area contributed by atoms with Gasteiger partial charge in [0.1, 0.15) is 0 Å². The fourth-order valence-electron chi connectivity index (χ4n) is 0. The molecule has 0 aromatic carbocycles. The molecule has 0 aliphatic heterocycles. The summed E-state index contributed by atoms with van der Waals surface area (Å²) in [6, 6.07) is 0. The molecule has 2 heteroatoms. The van der Waals surface area contributed by atoms with Gasteiger partial charge < -0.3 is 0 Å². The van der Waals surface area contributed by atoms with Crippen LogP contribution >= 0.6 is 12.4 Å². The van der Waals surface area contributed by atoms with Gasteiger partial charge in [-0.1, -0.05) is 0 Å². The zero-order valence-corrected chi connectivity index (χ0v) is 4.52. The van der Waals surface area contributed by atoms with Crippen LogP contribution in [0.15, 0.2) is 12.7 Å². The molecule has 0 aromatic rings. The largest absolute Gasteiger partial charge is 0.245 e. The molecule has 0 N–H and O–H groups in total. The predicted octanol–water partition coefficient (Wildman–Crippen LogP) is 1.43. The van der Waals surface area contributed by atoms with Gasteiger partial charge in [0, 0.05) is 16.5 Å². The quantitative estimate of drug-likeness (QED) is 0.349. The van der Waals surface area contributed by atoms with Crippen molar-refractivity contribution in [3.63, 3.8) is 0 Å². The normalized spacial score (nSPS) is 2.40. The topological polar surface area (TPSA) is 0 Å². The molecular weight excluding hydrogens is 130 g/mol. The maximum atomic E-state index is 3.25. The maximum absolute atomic E-state index is 3.25. The number of rotatable bonds is 0. The van der Waals surface area contributed by atoms with Crippen molar-refractivity contribution >= 4 is 12.4 Å². The first-order valence-corrected chi connectivity index (χ1v) is 0.816. The second kappa shape index (κ2) is 26.1. The van der Waals surface area contributed by atoms with Crippen molar-refractivity contribution < 1.29 is 16.5 Å². The van der Waals surface area contributed by atoms with E-state index in [-0.39, 0.29) is 28.9 Å². The Morgan fingerprint density at radius 1 is 1.60 bits per heavy atom. The molecule has 0 nitrogen and oxygen atoms in total. The van der Waals surface area contributed by atoms with Crippen molar-refractivity contribution in [3.05, 3.63) is 19.6 Å². The van der Waals surface area contributed by atoms with E-state index in [0.29, 0.717) is 0 Å². The minimum absolute atomic E-state index is 0. The first kappa shape index (κ1) is 18.2. The molecule has 0 saturated carbocycles. The van der Waals surface area contributed by atoms with Crippen LogP contribution in [-0.4, -0.2) is 0 Å². The number of allylic oxidation sites excluding steroid dienone is 1. The molecule has 0 saturated heterocycles. The van der Waals surface area contributed by atoms with Gasteiger partial charge >= 0.3 is 0 Å².